The van der Waals surface area contributed by atoms with Crippen LogP contribution in [0.2, 0.25) is 0 Å². The number of nitrogens with one attached hydrogen (secondary N) is 1. The van der Waals surface area contributed by atoms with Crippen molar-refractivity contribution in [2.45, 2.75) is 13.5 Å². The number of ether oxygens (including phenoxy) is 3. The molecule has 1 aromatic carbocycles. The Kier molecular flexibility index (Phi) is 3.97. The molecular formula is C13H17N3O4. The van der Waals surface area contributed by atoms with E-state index in [1.54, 1.807) is 26.4 Å². The highest BCUT2D eigenvalue weighted by Crippen LogP contribution is 2.40. The normalized spacial score (nSPS) is 10.4. The zero-order chi connectivity index (χ0) is 14.7. The van der Waals surface area contributed by atoms with E-state index in [2.05, 4.69) is 10.2 Å². The number of aromatic amines is 1. The summed E-state index contributed by atoms with van der Waals surface area (Å²) in [4.78, 5) is 11.6. The van der Waals surface area contributed by atoms with Crippen LogP contribution in [0.15, 0.2) is 16.9 Å². The second-order valence-electron chi connectivity index (χ2n) is 4.01. The number of hydrogen-bond acceptors (Lipinski definition) is 5. The molecule has 20 heavy (non-hydrogen) atoms. The summed E-state index contributed by atoms with van der Waals surface area (Å²) in [6, 6.07) is 3.51. The standard InChI is InChI=1S/C13H17N3O4/c1-5-16-12(14-15-13(16)17)8-6-9(18-2)11(20-4)10(7-8)19-3/h6-7H,5H2,1-4H3,(H,15,17). The topological polar surface area (TPSA) is 78.4 Å². The van der Waals surface area contributed by atoms with Crippen molar-refractivity contribution in [1.82, 2.24) is 14.8 Å². The lowest BCUT2D eigenvalue weighted by Crippen LogP contribution is -2.16. The van der Waals surface area contributed by atoms with Gasteiger partial charge < -0.3 is 14.2 Å². The zero-order valence-electron chi connectivity index (χ0n) is 11.9. The molecule has 7 heteroatoms. The van der Waals surface area contributed by atoms with Gasteiger partial charge in [-0.2, -0.15) is 5.10 Å². The van der Waals surface area contributed by atoms with Crippen molar-refractivity contribution in [3.05, 3.63) is 22.6 Å². The Hall–Kier alpha value is -2.44. The monoisotopic (exact) mass is 279 g/mol. The molecule has 0 aliphatic carbocycles. The van der Waals surface area contributed by atoms with Crippen LogP contribution in [0.3, 0.4) is 0 Å². The second kappa shape index (κ2) is 5.68. The van der Waals surface area contributed by atoms with E-state index in [9.17, 15) is 4.79 Å². The first kappa shape index (κ1) is 14.0. The van der Waals surface area contributed by atoms with Crippen LogP contribution < -0.4 is 19.9 Å². The second-order valence-corrected chi connectivity index (χ2v) is 4.01. The summed E-state index contributed by atoms with van der Waals surface area (Å²) in [5.74, 6) is 2.05. The number of methoxy groups -OCH3 is 3. The Morgan fingerprint density at radius 3 is 2.20 bits per heavy atom. The van der Waals surface area contributed by atoms with Crippen LogP contribution in [0.4, 0.5) is 0 Å². The summed E-state index contributed by atoms with van der Waals surface area (Å²) in [5.41, 5.74) is 0.455. The van der Waals surface area contributed by atoms with Crippen molar-refractivity contribution in [2.75, 3.05) is 21.3 Å². The quantitative estimate of drug-likeness (QED) is 0.892. The highest BCUT2D eigenvalue weighted by atomic mass is 16.5. The summed E-state index contributed by atoms with van der Waals surface area (Å²) in [7, 11) is 4.62. The third-order valence-electron chi connectivity index (χ3n) is 3.00. The van der Waals surface area contributed by atoms with Crippen molar-refractivity contribution in [3.63, 3.8) is 0 Å². The van der Waals surface area contributed by atoms with E-state index in [4.69, 9.17) is 14.2 Å². The maximum atomic E-state index is 11.6. The minimum absolute atomic E-state index is 0.253. The van der Waals surface area contributed by atoms with Crippen molar-refractivity contribution >= 4 is 0 Å². The number of H-pyrrole nitrogens is 1. The van der Waals surface area contributed by atoms with Gasteiger partial charge >= 0.3 is 5.69 Å². The van der Waals surface area contributed by atoms with Gasteiger partial charge in [-0.1, -0.05) is 0 Å². The molecule has 108 valence electrons. The summed E-state index contributed by atoms with van der Waals surface area (Å²) >= 11 is 0. The largest absolute Gasteiger partial charge is 0.493 e. The van der Waals surface area contributed by atoms with E-state index in [1.165, 1.54) is 11.7 Å². The van der Waals surface area contributed by atoms with Gasteiger partial charge in [0.2, 0.25) is 5.75 Å². The van der Waals surface area contributed by atoms with Crippen LogP contribution in [0.25, 0.3) is 11.4 Å². The molecular weight excluding hydrogens is 262 g/mol. The Morgan fingerprint density at radius 1 is 1.15 bits per heavy atom. The molecule has 0 aliphatic heterocycles. The van der Waals surface area contributed by atoms with E-state index in [0.29, 0.717) is 35.2 Å². The van der Waals surface area contributed by atoms with Crippen LogP contribution in [-0.2, 0) is 6.54 Å². The van der Waals surface area contributed by atoms with Gasteiger partial charge in [-0.25, -0.2) is 9.89 Å². The molecule has 0 bridgehead atoms. The Balaban J connectivity index is 2.65. The third kappa shape index (κ3) is 2.22. The zero-order valence-corrected chi connectivity index (χ0v) is 11.9. The maximum Gasteiger partial charge on any atom is 0.343 e. The van der Waals surface area contributed by atoms with E-state index in [1.807, 2.05) is 6.92 Å². The Morgan fingerprint density at radius 2 is 1.75 bits per heavy atom. The number of rotatable bonds is 5. The van der Waals surface area contributed by atoms with Gasteiger partial charge in [0.1, 0.15) is 0 Å². The summed E-state index contributed by atoms with van der Waals surface area (Å²) in [6.07, 6.45) is 0. The average molecular weight is 279 g/mol. The Bertz CT molecular complexity index is 635. The first-order valence-corrected chi connectivity index (χ1v) is 6.11. The molecule has 1 aromatic heterocycles. The third-order valence-corrected chi connectivity index (χ3v) is 3.00. The van der Waals surface area contributed by atoms with Crippen molar-refractivity contribution in [3.8, 4) is 28.6 Å². The van der Waals surface area contributed by atoms with Gasteiger partial charge in [0, 0.05) is 12.1 Å². The van der Waals surface area contributed by atoms with Crippen LogP contribution in [-0.4, -0.2) is 36.1 Å². The van der Waals surface area contributed by atoms with Gasteiger partial charge in [-0.05, 0) is 19.1 Å². The van der Waals surface area contributed by atoms with Crippen molar-refractivity contribution < 1.29 is 14.2 Å². The predicted octanol–water partition coefficient (Wildman–Crippen LogP) is 1.28. The smallest absolute Gasteiger partial charge is 0.343 e. The van der Waals surface area contributed by atoms with Gasteiger partial charge in [-0.3, -0.25) is 4.57 Å². The minimum Gasteiger partial charge on any atom is -0.493 e. The lowest BCUT2D eigenvalue weighted by Gasteiger charge is -2.13. The van der Waals surface area contributed by atoms with Crippen LogP contribution in [0.1, 0.15) is 6.92 Å². The lowest BCUT2D eigenvalue weighted by atomic mass is 10.1. The van der Waals surface area contributed by atoms with Gasteiger partial charge in [-0.15, -0.1) is 0 Å². The molecule has 1 heterocycles. The number of aromatic nitrogens is 3. The van der Waals surface area contributed by atoms with Crippen molar-refractivity contribution in [1.29, 1.82) is 0 Å². The maximum absolute atomic E-state index is 11.6. The summed E-state index contributed by atoms with van der Waals surface area (Å²) in [5, 5.41) is 6.47. The average Bonchev–Trinajstić information content (AvgIpc) is 2.86. The van der Waals surface area contributed by atoms with Crippen LogP contribution >= 0.6 is 0 Å². The van der Waals surface area contributed by atoms with E-state index in [-0.39, 0.29) is 5.69 Å². The van der Waals surface area contributed by atoms with E-state index < -0.39 is 0 Å². The summed E-state index contributed by atoms with van der Waals surface area (Å²) < 4.78 is 17.4. The Labute approximate surface area is 116 Å². The van der Waals surface area contributed by atoms with E-state index >= 15 is 0 Å². The molecule has 0 aliphatic rings. The SMILES string of the molecule is CCn1c(-c2cc(OC)c(OC)c(OC)c2)n[nH]c1=O. The highest BCUT2D eigenvalue weighted by Gasteiger charge is 2.17. The fourth-order valence-corrected chi connectivity index (χ4v) is 2.04. The lowest BCUT2D eigenvalue weighted by molar-refractivity contribution is 0.324. The molecule has 0 radical (unpaired) electrons. The molecule has 2 rings (SSSR count). The molecule has 0 atom stereocenters. The van der Waals surface area contributed by atoms with Crippen LogP contribution in [0.5, 0.6) is 17.2 Å². The number of benzene rings is 1. The molecule has 0 spiro atoms. The summed E-state index contributed by atoms with van der Waals surface area (Å²) in [6.45, 7) is 2.39. The number of nitrogens with zero attached hydrogens (tertiary/aromatic N) is 2. The van der Waals surface area contributed by atoms with Gasteiger partial charge in [0.15, 0.2) is 17.3 Å². The fraction of sp³-hybridized carbons (Fsp3) is 0.385. The van der Waals surface area contributed by atoms with Gasteiger partial charge in [0.05, 0.1) is 21.3 Å². The molecule has 0 amide bonds. The molecule has 0 fully saturated rings. The first-order chi connectivity index (χ1) is 9.65. The molecule has 0 saturated heterocycles. The molecule has 0 saturated carbocycles. The first-order valence-electron chi connectivity index (χ1n) is 6.11. The minimum atomic E-state index is -0.253. The highest BCUT2D eigenvalue weighted by molar-refractivity contribution is 5.66. The molecule has 7 nitrogen and oxygen atoms in total. The van der Waals surface area contributed by atoms with Crippen molar-refractivity contribution in [2.24, 2.45) is 0 Å². The number of hydrogen-bond donors (Lipinski definition) is 1. The van der Waals surface area contributed by atoms with E-state index in [0.717, 1.165) is 0 Å². The van der Waals surface area contributed by atoms with Crippen LogP contribution in [0, 0.1) is 0 Å². The molecule has 2 aromatic rings. The van der Waals surface area contributed by atoms with Gasteiger partial charge in [0.25, 0.3) is 0 Å². The predicted molar refractivity (Wildman–Crippen MR) is 73.6 cm³/mol. The molecule has 0 unspecified atom stereocenters. The fourth-order valence-electron chi connectivity index (χ4n) is 2.04. The molecule has 1 N–H and O–H groups in total.